The van der Waals surface area contributed by atoms with E-state index in [0.717, 1.165) is 11.4 Å². The minimum absolute atomic E-state index is 0. The topological polar surface area (TPSA) is 104 Å². The van der Waals surface area contributed by atoms with Crippen molar-refractivity contribution in [3.05, 3.63) is 35.7 Å². The smallest absolute Gasteiger partial charge is 0.274 e. The lowest BCUT2D eigenvalue weighted by atomic mass is 10.1. The molecule has 144 valence electrons. The van der Waals surface area contributed by atoms with E-state index in [-0.39, 0.29) is 24.0 Å². The lowest BCUT2D eigenvalue weighted by Crippen LogP contribution is -2.49. The molecule has 1 amide bonds. The van der Waals surface area contributed by atoms with Crippen molar-refractivity contribution in [3.63, 3.8) is 0 Å². The maximum absolute atomic E-state index is 12.4. The van der Waals surface area contributed by atoms with E-state index in [9.17, 15) is 4.79 Å². The van der Waals surface area contributed by atoms with Crippen LogP contribution in [0.4, 0.5) is 0 Å². The molecule has 2 rings (SSSR count). The van der Waals surface area contributed by atoms with Gasteiger partial charge in [-0.1, -0.05) is 0 Å². The standard InChI is InChI=1S/C17H25N5O3.ClH/c1-12-15(16(23)19-17(2,3)11-18)21-22(20-12)13-5-7-14(8-6-13)25-10-9-24-4;/h5-8H,9-11,18H2,1-4H3,(H,19,23);1H. The Morgan fingerprint density at radius 1 is 1.23 bits per heavy atom. The fourth-order valence-electron chi connectivity index (χ4n) is 2.04. The van der Waals surface area contributed by atoms with Crippen molar-refractivity contribution in [1.29, 1.82) is 0 Å². The molecule has 0 bridgehead atoms. The zero-order valence-corrected chi connectivity index (χ0v) is 16.3. The van der Waals surface area contributed by atoms with Gasteiger partial charge in [-0.05, 0) is 45.0 Å². The quantitative estimate of drug-likeness (QED) is 0.669. The van der Waals surface area contributed by atoms with Gasteiger partial charge in [-0.2, -0.15) is 9.90 Å². The molecule has 0 fully saturated rings. The zero-order chi connectivity index (χ0) is 18.4. The van der Waals surface area contributed by atoms with Crippen LogP contribution in [0.1, 0.15) is 30.0 Å². The maximum Gasteiger partial charge on any atom is 0.274 e. The molecule has 2 aromatic rings. The average Bonchev–Trinajstić information content (AvgIpc) is 2.97. The summed E-state index contributed by atoms with van der Waals surface area (Å²) in [5.41, 5.74) is 6.71. The third-order valence-electron chi connectivity index (χ3n) is 3.58. The first kappa shape index (κ1) is 21.9. The summed E-state index contributed by atoms with van der Waals surface area (Å²) in [6, 6.07) is 7.29. The van der Waals surface area contributed by atoms with Crippen molar-refractivity contribution in [2.45, 2.75) is 26.3 Å². The Morgan fingerprint density at radius 3 is 2.46 bits per heavy atom. The Labute approximate surface area is 159 Å². The summed E-state index contributed by atoms with van der Waals surface area (Å²) in [6.07, 6.45) is 0. The number of ether oxygens (including phenoxy) is 2. The van der Waals surface area contributed by atoms with Crippen LogP contribution in [0, 0.1) is 6.92 Å². The van der Waals surface area contributed by atoms with Gasteiger partial charge in [0.05, 0.1) is 18.0 Å². The lowest BCUT2D eigenvalue weighted by molar-refractivity contribution is 0.0909. The molecule has 8 nitrogen and oxygen atoms in total. The first-order valence-corrected chi connectivity index (χ1v) is 8.05. The summed E-state index contributed by atoms with van der Waals surface area (Å²) >= 11 is 0. The highest BCUT2D eigenvalue weighted by molar-refractivity contribution is 5.93. The van der Waals surface area contributed by atoms with Gasteiger partial charge >= 0.3 is 0 Å². The predicted molar refractivity (Wildman–Crippen MR) is 101 cm³/mol. The van der Waals surface area contributed by atoms with E-state index >= 15 is 0 Å². The van der Waals surface area contributed by atoms with E-state index in [4.69, 9.17) is 15.2 Å². The van der Waals surface area contributed by atoms with Crippen LogP contribution >= 0.6 is 12.4 Å². The van der Waals surface area contributed by atoms with Crippen LogP contribution in [-0.4, -0.2) is 53.3 Å². The zero-order valence-electron chi connectivity index (χ0n) is 15.5. The molecule has 0 aliphatic heterocycles. The number of carbonyl (C=O) groups is 1. The van der Waals surface area contributed by atoms with Crippen molar-refractivity contribution in [2.24, 2.45) is 5.73 Å². The second-order valence-corrected chi connectivity index (χ2v) is 6.30. The predicted octanol–water partition coefficient (Wildman–Crippen LogP) is 1.49. The molecule has 1 heterocycles. The number of hydrogen-bond donors (Lipinski definition) is 2. The highest BCUT2D eigenvalue weighted by Gasteiger charge is 2.23. The van der Waals surface area contributed by atoms with E-state index in [1.807, 2.05) is 38.1 Å². The van der Waals surface area contributed by atoms with Gasteiger partial charge < -0.3 is 20.5 Å². The Morgan fingerprint density at radius 2 is 1.88 bits per heavy atom. The van der Waals surface area contributed by atoms with Crippen LogP contribution < -0.4 is 15.8 Å². The van der Waals surface area contributed by atoms with Crippen molar-refractivity contribution < 1.29 is 14.3 Å². The number of hydrogen-bond acceptors (Lipinski definition) is 6. The lowest BCUT2D eigenvalue weighted by Gasteiger charge is -2.23. The number of rotatable bonds is 8. The van der Waals surface area contributed by atoms with Crippen LogP contribution in [0.3, 0.4) is 0 Å². The molecule has 0 atom stereocenters. The van der Waals surface area contributed by atoms with Crippen LogP contribution in [0.5, 0.6) is 5.75 Å². The number of benzene rings is 1. The first-order chi connectivity index (χ1) is 11.9. The normalized spacial score (nSPS) is 11.0. The van der Waals surface area contributed by atoms with Gasteiger partial charge in [-0.3, -0.25) is 4.79 Å². The summed E-state index contributed by atoms with van der Waals surface area (Å²) in [5.74, 6) is 0.436. The summed E-state index contributed by atoms with van der Waals surface area (Å²) in [5, 5.41) is 11.5. The first-order valence-electron chi connectivity index (χ1n) is 8.05. The molecule has 0 aliphatic carbocycles. The number of nitrogens with one attached hydrogen (secondary N) is 1. The fraction of sp³-hybridized carbons (Fsp3) is 0.471. The van der Waals surface area contributed by atoms with Gasteiger partial charge in [0.15, 0.2) is 5.69 Å². The molecule has 0 spiro atoms. The van der Waals surface area contributed by atoms with E-state index in [2.05, 4.69) is 15.5 Å². The Bertz CT molecular complexity index is 716. The SMILES string of the molecule is COCCOc1ccc(-n2nc(C)c(C(=O)NC(C)(C)CN)n2)cc1.Cl. The molecule has 26 heavy (non-hydrogen) atoms. The van der Waals surface area contributed by atoms with Crippen LogP contribution in [-0.2, 0) is 4.74 Å². The van der Waals surface area contributed by atoms with Crippen molar-refractivity contribution in [3.8, 4) is 11.4 Å². The maximum atomic E-state index is 12.4. The molecule has 3 N–H and O–H groups in total. The van der Waals surface area contributed by atoms with Crippen LogP contribution in [0.2, 0.25) is 0 Å². The minimum Gasteiger partial charge on any atom is -0.491 e. The van der Waals surface area contributed by atoms with Gasteiger partial charge in [0.2, 0.25) is 0 Å². The summed E-state index contributed by atoms with van der Waals surface area (Å²) in [7, 11) is 1.63. The molecule has 0 aliphatic rings. The third kappa shape index (κ3) is 5.69. The third-order valence-corrected chi connectivity index (χ3v) is 3.58. The molecule has 1 aromatic heterocycles. The van der Waals surface area contributed by atoms with E-state index in [0.29, 0.717) is 25.5 Å². The van der Waals surface area contributed by atoms with Gasteiger partial charge in [0, 0.05) is 19.2 Å². The van der Waals surface area contributed by atoms with Crippen molar-refractivity contribution >= 4 is 18.3 Å². The summed E-state index contributed by atoms with van der Waals surface area (Å²) in [4.78, 5) is 13.8. The van der Waals surface area contributed by atoms with Crippen LogP contribution in [0.15, 0.2) is 24.3 Å². The Balaban J connectivity index is 0.00000338. The van der Waals surface area contributed by atoms with E-state index < -0.39 is 5.54 Å². The van der Waals surface area contributed by atoms with E-state index in [1.165, 1.54) is 4.80 Å². The molecular weight excluding hydrogens is 358 g/mol. The fourth-order valence-corrected chi connectivity index (χ4v) is 2.04. The van der Waals surface area contributed by atoms with Gasteiger partial charge in [0.1, 0.15) is 12.4 Å². The second-order valence-electron chi connectivity index (χ2n) is 6.30. The summed E-state index contributed by atoms with van der Waals surface area (Å²) < 4.78 is 10.5. The molecule has 0 unspecified atom stereocenters. The monoisotopic (exact) mass is 383 g/mol. The van der Waals surface area contributed by atoms with Crippen LogP contribution in [0.25, 0.3) is 5.69 Å². The summed E-state index contributed by atoms with van der Waals surface area (Å²) in [6.45, 7) is 6.79. The average molecular weight is 384 g/mol. The number of nitrogens with zero attached hydrogens (tertiary/aromatic N) is 3. The van der Waals surface area contributed by atoms with Crippen molar-refractivity contribution in [1.82, 2.24) is 20.3 Å². The number of amides is 1. The van der Waals surface area contributed by atoms with E-state index in [1.54, 1.807) is 14.0 Å². The number of aromatic nitrogens is 3. The second kappa shape index (κ2) is 9.51. The molecule has 0 saturated heterocycles. The molecule has 0 radical (unpaired) electrons. The highest BCUT2D eigenvalue weighted by atomic mass is 35.5. The molecule has 9 heteroatoms. The van der Waals surface area contributed by atoms with Gasteiger partial charge in [-0.25, -0.2) is 0 Å². The Kier molecular flexibility index (Phi) is 8.01. The number of nitrogens with two attached hydrogens (primary N) is 1. The number of halogens is 1. The number of aryl methyl sites for hydroxylation is 1. The largest absolute Gasteiger partial charge is 0.491 e. The molecule has 0 saturated carbocycles. The molecular formula is C17H26ClN5O3. The number of carbonyl (C=O) groups excluding carboxylic acids is 1. The minimum atomic E-state index is -0.505. The van der Waals surface area contributed by atoms with Gasteiger partial charge in [0.25, 0.3) is 5.91 Å². The van der Waals surface area contributed by atoms with Gasteiger partial charge in [-0.15, -0.1) is 17.5 Å². The number of methoxy groups -OCH3 is 1. The van der Waals surface area contributed by atoms with Crippen molar-refractivity contribution in [2.75, 3.05) is 26.9 Å². The Hall–Kier alpha value is -2.16. The highest BCUT2D eigenvalue weighted by Crippen LogP contribution is 2.15. The molecule has 1 aromatic carbocycles.